The summed E-state index contributed by atoms with van der Waals surface area (Å²) in [6.07, 6.45) is -0.517. The van der Waals surface area contributed by atoms with Crippen LogP contribution in [-0.4, -0.2) is 36.1 Å². The second-order valence-electron chi connectivity index (χ2n) is 3.42. The molecule has 0 heterocycles. The van der Waals surface area contributed by atoms with Gasteiger partial charge in [-0.15, -0.1) is 0 Å². The van der Waals surface area contributed by atoms with E-state index in [1.807, 2.05) is 18.2 Å². The highest BCUT2D eigenvalue weighted by Crippen LogP contribution is 2.13. The summed E-state index contributed by atoms with van der Waals surface area (Å²) >= 11 is 0. The first-order valence-corrected chi connectivity index (χ1v) is 5.47. The predicted octanol–water partition coefficient (Wildman–Crippen LogP) is 0.871. The molecule has 0 atom stereocenters. The topological polar surface area (TPSA) is 78.8 Å². The van der Waals surface area contributed by atoms with Crippen LogP contribution in [0.25, 0.3) is 0 Å². The Labute approximate surface area is 105 Å². The van der Waals surface area contributed by atoms with Crippen molar-refractivity contribution in [1.29, 1.82) is 0 Å². The van der Waals surface area contributed by atoms with Gasteiger partial charge in [0.05, 0.1) is 6.54 Å². The van der Waals surface area contributed by atoms with E-state index in [1.54, 1.807) is 6.07 Å². The van der Waals surface area contributed by atoms with E-state index in [9.17, 15) is 4.79 Å². The molecule has 0 saturated heterocycles. The van der Waals surface area contributed by atoms with Crippen LogP contribution in [0.15, 0.2) is 24.3 Å². The molecule has 0 radical (unpaired) electrons. The summed E-state index contributed by atoms with van der Waals surface area (Å²) in [6.45, 7) is 0.374. The Morgan fingerprint density at radius 2 is 2.22 bits per heavy atom. The fourth-order valence-corrected chi connectivity index (χ4v) is 1.29. The molecule has 1 aromatic carbocycles. The lowest BCUT2D eigenvalue weighted by atomic mass is 10.1. The summed E-state index contributed by atoms with van der Waals surface area (Å²) in [5.41, 5.74) is 0.986. The maximum atomic E-state index is 10.2. The van der Waals surface area contributed by atoms with Crippen molar-refractivity contribution in [1.82, 2.24) is 5.32 Å². The number of nitrogens with one attached hydrogen (secondary N) is 1. The van der Waals surface area contributed by atoms with Crippen molar-refractivity contribution in [3.05, 3.63) is 29.8 Å². The first kappa shape index (κ1) is 13.9. The molecule has 1 rings (SSSR count). The third kappa shape index (κ3) is 5.77. The zero-order valence-corrected chi connectivity index (χ0v) is 9.85. The van der Waals surface area contributed by atoms with Gasteiger partial charge in [0.2, 0.25) is 0 Å². The van der Waals surface area contributed by atoms with E-state index in [0.29, 0.717) is 12.2 Å². The van der Waals surface area contributed by atoms with E-state index < -0.39 is 6.09 Å². The summed E-state index contributed by atoms with van der Waals surface area (Å²) in [4.78, 5) is 10.2. The Balaban J connectivity index is 2.41. The zero-order valence-electron chi connectivity index (χ0n) is 9.85. The van der Waals surface area contributed by atoms with E-state index in [-0.39, 0.29) is 19.8 Å². The molecule has 0 aliphatic carbocycles. The van der Waals surface area contributed by atoms with E-state index in [2.05, 4.69) is 17.2 Å². The van der Waals surface area contributed by atoms with Crippen LogP contribution in [-0.2, 0) is 6.42 Å². The van der Waals surface area contributed by atoms with Gasteiger partial charge in [-0.1, -0.05) is 24.0 Å². The fourth-order valence-electron chi connectivity index (χ4n) is 1.29. The molecule has 5 nitrogen and oxygen atoms in total. The van der Waals surface area contributed by atoms with E-state index in [0.717, 1.165) is 5.56 Å². The molecule has 1 aromatic rings. The van der Waals surface area contributed by atoms with E-state index in [4.69, 9.17) is 14.9 Å². The zero-order chi connectivity index (χ0) is 13.2. The number of carboxylic acid groups (broad SMARTS) is 1. The number of aliphatic hydroxyl groups is 1. The molecule has 0 fully saturated rings. The van der Waals surface area contributed by atoms with Gasteiger partial charge in [-0.25, -0.2) is 4.79 Å². The van der Waals surface area contributed by atoms with Gasteiger partial charge in [-0.3, -0.25) is 0 Å². The van der Waals surface area contributed by atoms with Crippen molar-refractivity contribution in [3.8, 4) is 17.6 Å². The number of rotatable bonds is 5. The molecule has 1 amide bonds. The summed E-state index contributed by atoms with van der Waals surface area (Å²) in [7, 11) is 0. The molecule has 0 bridgehead atoms. The number of hydrogen-bond acceptors (Lipinski definition) is 3. The largest absolute Gasteiger partial charge is 0.492 e. The Morgan fingerprint density at radius 3 is 2.94 bits per heavy atom. The summed E-state index contributed by atoms with van der Waals surface area (Å²) in [6, 6.07) is 7.39. The third-order valence-corrected chi connectivity index (χ3v) is 2.04. The first-order chi connectivity index (χ1) is 8.72. The number of hydrogen-bond donors (Lipinski definition) is 3. The van der Waals surface area contributed by atoms with Crippen LogP contribution in [0.3, 0.4) is 0 Å². The van der Waals surface area contributed by atoms with Crippen molar-refractivity contribution in [2.24, 2.45) is 0 Å². The average Bonchev–Trinajstić information content (AvgIpc) is 2.35. The smallest absolute Gasteiger partial charge is 0.404 e. The molecule has 18 heavy (non-hydrogen) atoms. The van der Waals surface area contributed by atoms with Crippen molar-refractivity contribution in [3.63, 3.8) is 0 Å². The highest BCUT2D eigenvalue weighted by Gasteiger charge is 1.97. The maximum Gasteiger partial charge on any atom is 0.404 e. The van der Waals surface area contributed by atoms with Gasteiger partial charge >= 0.3 is 6.09 Å². The summed E-state index contributed by atoms with van der Waals surface area (Å²) < 4.78 is 5.38. The van der Waals surface area contributed by atoms with Crippen molar-refractivity contribution in [2.75, 3.05) is 19.8 Å². The van der Waals surface area contributed by atoms with Gasteiger partial charge in [-0.2, -0.15) is 0 Å². The monoisotopic (exact) mass is 249 g/mol. The molecule has 0 saturated carbocycles. The molecule has 0 aliphatic heterocycles. The van der Waals surface area contributed by atoms with Crippen LogP contribution in [0.4, 0.5) is 4.79 Å². The Kier molecular flexibility index (Phi) is 6.15. The van der Waals surface area contributed by atoms with Gasteiger partial charge in [0, 0.05) is 6.42 Å². The van der Waals surface area contributed by atoms with Gasteiger partial charge < -0.3 is 20.3 Å². The number of ether oxygens (including phenoxy) is 1. The van der Waals surface area contributed by atoms with Crippen molar-refractivity contribution < 1.29 is 19.7 Å². The van der Waals surface area contributed by atoms with Crippen LogP contribution in [0, 0.1) is 11.8 Å². The highest BCUT2D eigenvalue weighted by molar-refractivity contribution is 5.64. The third-order valence-electron chi connectivity index (χ3n) is 2.04. The summed E-state index contributed by atoms with van der Waals surface area (Å²) in [5.74, 6) is 6.06. The molecule has 0 aliphatic rings. The number of aliphatic hydroxyl groups excluding tert-OH is 1. The molecular weight excluding hydrogens is 234 g/mol. The van der Waals surface area contributed by atoms with Gasteiger partial charge in [0.25, 0.3) is 0 Å². The minimum atomic E-state index is -1.06. The van der Waals surface area contributed by atoms with Crippen LogP contribution < -0.4 is 10.1 Å². The predicted molar refractivity (Wildman–Crippen MR) is 66.5 cm³/mol. The highest BCUT2D eigenvalue weighted by atomic mass is 16.5. The SMILES string of the molecule is O=C(O)NCCOc1cccc(CC#CCO)c1. The van der Waals surface area contributed by atoms with Crippen LogP contribution in [0.2, 0.25) is 0 Å². The summed E-state index contributed by atoms with van der Waals surface area (Å²) in [5, 5.41) is 19.1. The standard InChI is InChI=1S/C13H15NO4/c15-8-2-1-4-11-5-3-6-12(10-11)18-9-7-14-13(16)17/h3,5-6,10,14-15H,4,7-9H2,(H,16,17). The number of carbonyl (C=O) groups is 1. The maximum absolute atomic E-state index is 10.2. The van der Waals surface area contributed by atoms with Crippen molar-refractivity contribution >= 4 is 6.09 Å². The second-order valence-corrected chi connectivity index (χ2v) is 3.42. The Bertz CT molecular complexity index is 448. The van der Waals surface area contributed by atoms with Crippen molar-refractivity contribution in [2.45, 2.75) is 6.42 Å². The molecule has 0 unspecified atom stereocenters. The molecule has 96 valence electrons. The number of amides is 1. The van der Waals surface area contributed by atoms with E-state index >= 15 is 0 Å². The van der Waals surface area contributed by atoms with Gasteiger partial charge in [0.1, 0.15) is 19.0 Å². The quantitative estimate of drug-likeness (QED) is 0.534. The first-order valence-electron chi connectivity index (χ1n) is 5.47. The molecule has 5 heteroatoms. The fraction of sp³-hybridized carbons (Fsp3) is 0.308. The second kappa shape index (κ2) is 7.98. The van der Waals surface area contributed by atoms with Crippen LogP contribution in [0.1, 0.15) is 5.56 Å². The average molecular weight is 249 g/mol. The lowest BCUT2D eigenvalue weighted by Crippen LogP contribution is -2.26. The molecule has 0 spiro atoms. The lowest BCUT2D eigenvalue weighted by Gasteiger charge is -2.06. The molecule has 0 aromatic heterocycles. The minimum Gasteiger partial charge on any atom is -0.492 e. The number of benzene rings is 1. The minimum absolute atomic E-state index is 0.142. The van der Waals surface area contributed by atoms with Gasteiger partial charge in [0.15, 0.2) is 0 Å². The normalized spacial score (nSPS) is 9.17. The van der Waals surface area contributed by atoms with E-state index in [1.165, 1.54) is 0 Å². The Morgan fingerprint density at radius 1 is 1.39 bits per heavy atom. The molecule has 3 N–H and O–H groups in total. The Hall–Kier alpha value is -2.19. The van der Waals surface area contributed by atoms with Crippen LogP contribution in [0.5, 0.6) is 5.75 Å². The van der Waals surface area contributed by atoms with Gasteiger partial charge in [-0.05, 0) is 17.7 Å². The lowest BCUT2D eigenvalue weighted by molar-refractivity contribution is 0.191. The molecular formula is C13H15NO4. The van der Waals surface area contributed by atoms with Crippen LogP contribution >= 0.6 is 0 Å².